The van der Waals surface area contributed by atoms with Gasteiger partial charge in [0.05, 0.1) is 5.56 Å². The van der Waals surface area contributed by atoms with E-state index < -0.39 is 5.97 Å². The predicted molar refractivity (Wildman–Crippen MR) is 54.8 cm³/mol. The Kier molecular flexibility index (Phi) is 3.65. The molecule has 0 saturated carbocycles. The van der Waals surface area contributed by atoms with Gasteiger partial charge in [0.25, 0.3) is 0 Å². The quantitative estimate of drug-likeness (QED) is 0.749. The van der Waals surface area contributed by atoms with Gasteiger partial charge in [0, 0.05) is 0 Å². The van der Waals surface area contributed by atoms with Crippen molar-refractivity contribution in [3.05, 3.63) is 35.4 Å². The molecule has 0 spiro atoms. The summed E-state index contributed by atoms with van der Waals surface area (Å²) in [5.74, 6) is 4.77. The lowest BCUT2D eigenvalue weighted by Crippen LogP contribution is -2.10. The highest BCUT2D eigenvalue weighted by Crippen LogP contribution is 2.19. The third-order valence-electron chi connectivity index (χ3n) is 2.41. The van der Waals surface area contributed by atoms with Crippen LogP contribution in [0, 0.1) is 0 Å². The van der Waals surface area contributed by atoms with Gasteiger partial charge in [-0.1, -0.05) is 26.0 Å². The number of carbonyl (C=O) groups is 1. The number of nitrogens with two attached hydrogens (primary N) is 1. The van der Waals surface area contributed by atoms with Crippen LogP contribution in [-0.4, -0.2) is 5.97 Å². The molecule has 0 amide bonds. The molecule has 1 atom stereocenters. The van der Waals surface area contributed by atoms with Crippen molar-refractivity contribution in [2.75, 3.05) is 0 Å². The highest BCUT2D eigenvalue weighted by molar-refractivity contribution is 5.89. The van der Waals surface area contributed by atoms with E-state index in [1.165, 1.54) is 0 Å². The summed E-state index contributed by atoms with van der Waals surface area (Å²) in [5.41, 5.74) is 1.64. The van der Waals surface area contributed by atoms with E-state index in [0.29, 0.717) is 11.5 Å². The maximum Gasteiger partial charge on any atom is 0.356 e. The largest absolute Gasteiger partial charge is 0.370 e. The van der Waals surface area contributed by atoms with Gasteiger partial charge in [-0.3, -0.25) is 0 Å². The fraction of sp³-hybridized carbons (Fsp3) is 0.364. The number of benzene rings is 1. The van der Waals surface area contributed by atoms with Gasteiger partial charge in [-0.05, 0) is 30.0 Å². The molecule has 0 fully saturated rings. The van der Waals surface area contributed by atoms with Crippen LogP contribution >= 0.6 is 0 Å². The summed E-state index contributed by atoms with van der Waals surface area (Å²) in [5, 5.41) is 0. The average Bonchev–Trinajstić information content (AvgIpc) is 2.27. The van der Waals surface area contributed by atoms with Crippen molar-refractivity contribution in [2.45, 2.75) is 26.2 Å². The molecule has 0 aromatic heterocycles. The van der Waals surface area contributed by atoms with Crippen molar-refractivity contribution in [1.82, 2.24) is 0 Å². The summed E-state index contributed by atoms with van der Waals surface area (Å²) in [6.45, 7) is 4.23. The van der Waals surface area contributed by atoms with E-state index in [4.69, 9.17) is 5.90 Å². The standard InChI is InChI=1S/C11H15NO2/c1-3-8(2)9-5-4-6-10(7-9)11(13)14-12/h4-8H,3,12H2,1-2H3. The van der Waals surface area contributed by atoms with E-state index in [1.54, 1.807) is 6.07 Å². The molecule has 0 aliphatic heterocycles. The topological polar surface area (TPSA) is 52.3 Å². The third kappa shape index (κ3) is 2.33. The first-order valence-electron chi connectivity index (χ1n) is 4.70. The maximum absolute atomic E-state index is 11.1. The average molecular weight is 193 g/mol. The van der Waals surface area contributed by atoms with Crippen LogP contribution in [0.1, 0.15) is 42.1 Å². The minimum absolute atomic E-state index is 0.445. The van der Waals surface area contributed by atoms with Gasteiger partial charge in [-0.25, -0.2) is 4.79 Å². The Hall–Kier alpha value is -1.35. The Morgan fingerprint density at radius 3 is 2.86 bits per heavy atom. The zero-order valence-electron chi connectivity index (χ0n) is 8.49. The normalized spacial score (nSPS) is 12.2. The molecule has 0 heterocycles. The molecule has 0 aliphatic carbocycles. The fourth-order valence-corrected chi connectivity index (χ4v) is 1.28. The molecule has 76 valence electrons. The zero-order valence-corrected chi connectivity index (χ0v) is 8.49. The van der Waals surface area contributed by atoms with Crippen LogP contribution < -0.4 is 5.90 Å². The molecule has 2 N–H and O–H groups in total. The Bertz CT molecular complexity index is 323. The van der Waals surface area contributed by atoms with Gasteiger partial charge >= 0.3 is 5.97 Å². The van der Waals surface area contributed by atoms with E-state index >= 15 is 0 Å². The number of carbonyl (C=O) groups excluding carboxylic acids is 1. The molecule has 3 heteroatoms. The highest BCUT2D eigenvalue weighted by Gasteiger charge is 2.08. The van der Waals surface area contributed by atoms with Gasteiger partial charge in [0.2, 0.25) is 0 Å². The minimum Gasteiger partial charge on any atom is -0.370 e. The van der Waals surface area contributed by atoms with Crippen LogP contribution in [0.15, 0.2) is 24.3 Å². The Labute approximate surface area is 83.8 Å². The SMILES string of the molecule is CCC(C)c1cccc(C(=O)ON)c1. The summed E-state index contributed by atoms with van der Waals surface area (Å²) in [7, 11) is 0. The van der Waals surface area contributed by atoms with Crippen LogP contribution in [0.4, 0.5) is 0 Å². The lowest BCUT2D eigenvalue weighted by molar-refractivity contribution is 0.0503. The monoisotopic (exact) mass is 193 g/mol. The van der Waals surface area contributed by atoms with Gasteiger partial charge in [-0.2, -0.15) is 5.90 Å². The van der Waals surface area contributed by atoms with Crippen molar-refractivity contribution < 1.29 is 9.63 Å². The van der Waals surface area contributed by atoms with E-state index in [9.17, 15) is 4.79 Å². The summed E-state index contributed by atoms with van der Waals surface area (Å²) in [6.07, 6.45) is 1.04. The third-order valence-corrected chi connectivity index (χ3v) is 2.41. The lowest BCUT2D eigenvalue weighted by Gasteiger charge is -2.09. The molecule has 1 aromatic rings. The lowest BCUT2D eigenvalue weighted by atomic mass is 9.97. The molecule has 1 unspecified atom stereocenters. The van der Waals surface area contributed by atoms with Gasteiger partial charge in [0.1, 0.15) is 0 Å². The summed E-state index contributed by atoms with van der Waals surface area (Å²) >= 11 is 0. The van der Waals surface area contributed by atoms with Crippen molar-refractivity contribution in [3.8, 4) is 0 Å². The van der Waals surface area contributed by atoms with Gasteiger partial charge in [-0.15, -0.1) is 0 Å². The summed E-state index contributed by atoms with van der Waals surface area (Å²) in [6, 6.07) is 7.36. The van der Waals surface area contributed by atoms with Gasteiger partial charge < -0.3 is 4.84 Å². The van der Waals surface area contributed by atoms with Crippen LogP contribution in [0.2, 0.25) is 0 Å². The van der Waals surface area contributed by atoms with Crippen molar-refractivity contribution >= 4 is 5.97 Å². The van der Waals surface area contributed by atoms with Crippen LogP contribution in [0.25, 0.3) is 0 Å². The molecule has 3 nitrogen and oxygen atoms in total. The van der Waals surface area contributed by atoms with Crippen LogP contribution in [-0.2, 0) is 4.84 Å². The molecule has 0 aliphatic rings. The summed E-state index contributed by atoms with van der Waals surface area (Å²) in [4.78, 5) is 15.3. The molecular formula is C11H15NO2. The smallest absolute Gasteiger partial charge is 0.356 e. The number of rotatable bonds is 3. The maximum atomic E-state index is 11.1. The first-order valence-corrected chi connectivity index (χ1v) is 4.70. The van der Waals surface area contributed by atoms with E-state index in [1.807, 2.05) is 18.2 Å². The molecule has 0 radical (unpaired) electrons. The first kappa shape index (κ1) is 10.7. The molecule has 0 bridgehead atoms. The second kappa shape index (κ2) is 4.77. The molecule has 1 aromatic carbocycles. The Balaban J connectivity index is 2.95. The molecule has 14 heavy (non-hydrogen) atoms. The summed E-state index contributed by atoms with van der Waals surface area (Å²) < 4.78 is 0. The minimum atomic E-state index is -0.491. The molecule has 1 rings (SSSR count). The van der Waals surface area contributed by atoms with E-state index in [-0.39, 0.29) is 0 Å². The van der Waals surface area contributed by atoms with E-state index in [2.05, 4.69) is 18.7 Å². The van der Waals surface area contributed by atoms with Crippen LogP contribution in [0.5, 0.6) is 0 Å². The highest BCUT2D eigenvalue weighted by atomic mass is 16.7. The zero-order chi connectivity index (χ0) is 10.6. The second-order valence-corrected chi connectivity index (χ2v) is 3.34. The molecular weight excluding hydrogens is 178 g/mol. The number of hydrogen-bond donors (Lipinski definition) is 1. The number of hydrogen-bond acceptors (Lipinski definition) is 3. The van der Waals surface area contributed by atoms with Gasteiger partial charge in [0.15, 0.2) is 0 Å². The van der Waals surface area contributed by atoms with Crippen molar-refractivity contribution in [1.29, 1.82) is 0 Å². The van der Waals surface area contributed by atoms with Crippen molar-refractivity contribution in [2.24, 2.45) is 5.90 Å². The predicted octanol–water partition coefficient (Wildman–Crippen LogP) is 2.23. The second-order valence-electron chi connectivity index (χ2n) is 3.34. The fourth-order valence-electron chi connectivity index (χ4n) is 1.28. The first-order chi connectivity index (χ1) is 6.69. The van der Waals surface area contributed by atoms with Crippen molar-refractivity contribution in [3.63, 3.8) is 0 Å². The Morgan fingerprint density at radius 1 is 1.57 bits per heavy atom. The Morgan fingerprint density at radius 2 is 2.29 bits per heavy atom. The molecule has 0 saturated heterocycles. The van der Waals surface area contributed by atoms with E-state index in [0.717, 1.165) is 12.0 Å². The van der Waals surface area contributed by atoms with Crippen LogP contribution in [0.3, 0.4) is 0 Å².